The van der Waals surface area contributed by atoms with E-state index < -0.39 is 0 Å². The lowest BCUT2D eigenvalue weighted by molar-refractivity contribution is -0.150. The van der Waals surface area contributed by atoms with Gasteiger partial charge in [-0.1, -0.05) is 41.0 Å². The van der Waals surface area contributed by atoms with Crippen LogP contribution in [0, 0.1) is 52.3 Å². The molecular weight excluding hydrogens is 304 g/mol. The minimum absolute atomic E-state index is 0.459. The van der Waals surface area contributed by atoms with Crippen molar-refractivity contribution in [3.63, 3.8) is 0 Å². The van der Waals surface area contributed by atoms with Gasteiger partial charge in [0, 0.05) is 12.8 Å². The Morgan fingerprint density at radius 2 is 1.80 bits per heavy atom. The number of fused-ring (bicyclic) bond motifs is 5. The second kappa shape index (κ2) is 6.10. The molecule has 4 aliphatic rings. The summed E-state index contributed by atoms with van der Waals surface area (Å²) in [5, 5.41) is 0. The first kappa shape index (κ1) is 18.1. The van der Waals surface area contributed by atoms with Crippen LogP contribution in [0.2, 0.25) is 0 Å². The highest BCUT2D eigenvalue weighted by Crippen LogP contribution is 2.69. The van der Waals surface area contributed by atoms with Crippen LogP contribution in [-0.4, -0.2) is 5.78 Å². The number of carbonyl (C=O) groups is 1. The third-order valence-electron chi connectivity index (χ3n) is 10.2. The maximum Gasteiger partial charge on any atom is 0.133 e. The van der Waals surface area contributed by atoms with Gasteiger partial charge in [0.15, 0.2) is 0 Å². The van der Waals surface area contributed by atoms with E-state index in [2.05, 4.69) is 34.6 Å². The van der Waals surface area contributed by atoms with Crippen LogP contribution in [0.5, 0.6) is 0 Å². The molecule has 0 saturated heterocycles. The summed E-state index contributed by atoms with van der Waals surface area (Å²) in [5.74, 6) is 6.68. The number of hydrogen-bond donors (Lipinski definition) is 0. The van der Waals surface area contributed by atoms with Gasteiger partial charge < -0.3 is 0 Å². The summed E-state index contributed by atoms with van der Waals surface area (Å²) in [6.45, 7) is 12.7. The van der Waals surface area contributed by atoms with E-state index in [1.165, 1.54) is 44.9 Å². The quantitative estimate of drug-likeness (QED) is 0.558. The van der Waals surface area contributed by atoms with E-state index in [1.54, 1.807) is 0 Å². The Morgan fingerprint density at radius 3 is 2.52 bits per heavy atom. The van der Waals surface area contributed by atoms with Gasteiger partial charge in [-0.25, -0.2) is 0 Å². The van der Waals surface area contributed by atoms with E-state index in [-0.39, 0.29) is 0 Å². The third-order valence-corrected chi connectivity index (χ3v) is 10.2. The van der Waals surface area contributed by atoms with E-state index >= 15 is 0 Å². The zero-order valence-corrected chi connectivity index (χ0v) is 17.3. The zero-order valence-electron chi connectivity index (χ0n) is 17.3. The lowest BCUT2D eigenvalue weighted by atomic mass is 9.42. The first-order valence-corrected chi connectivity index (χ1v) is 11.3. The maximum atomic E-state index is 12.1. The maximum absolute atomic E-state index is 12.1. The van der Waals surface area contributed by atoms with Crippen LogP contribution in [0.25, 0.3) is 0 Å². The van der Waals surface area contributed by atoms with Crippen molar-refractivity contribution in [2.75, 3.05) is 0 Å². The van der Waals surface area contributed by atoms with Crippen molar-refractivity contribution in [1.82, 2.24) is 0 Å². The Morgan fingerprint density at radius 1 is 1.08 bits per heavy atom. The van der Waals surface area contributed by atoms with E-state index in [1.807, 2.05) is 0 Å². The van der Waals surface area contributed by atoms with Gasteiger partial charge in [-0.3, -0.25) is 4.79 Å². The van der Waals surface area contributed by atoms with Gasteiger partial charge in [0.2, 0.25) is 0 Å². The predicted octanol–water partition coefficient (Wildman–Crippen LogP) is 6.51. The summed E-state index contributed by atoms with van der Waals surface area (Å²) in [6.07, 6.45) is 11.5. The molecule has 0 bridgehead atoms. The number of hydrogen-bond acceptors (Lipinski definition) is 1. The molecule has 25 heavy (non-hydrogen) atoms. The van der Waals surface area contributed by atoms with Crippen LogP contribution in [0.3, 0.4) is 0 Å². The molecule has 4 aliphatic carbocycles. The summed E-state index contributed by atoms with van der Waals surface area (Å²) in [5.41, 5.74) is 1.05. The van der Waals surface area contributed by atoms with Crippen molar-refractivity contribution in [1.29, 1.82) is 0 Å². The highest BCUT2D eigenvalue weighted by atomic mass is 16.1. The molecule has 9 atom stereocenters. The van der Waals surface area contributed by atoms with E-state index in [0.717, 1.165) is 48.3 Å². The third kappa shape index (κ3) is 2.50. The van der Waals surface area contributed by atoms with Crippen molar-refractivity contribution in [3.8, 4) is 0 Å². The molecule has 0 aliphatic heterocycles. The van der Waals surface area contributed by atoms with E-state index in [0.29, 0.717) is 22.5 Å². The first-order valence-electron chi connectivity index (χ1n) is 11.3. The van der Waals surface area contributed by atoms with Crippen molar-refractivity contribution >= 4 is 5.78 Å². The molecule has 0 N–H and O–H groups in total. The molecule has 0 spiro atoms. The van der Waals surface area contributed by atoms with Crippen LogP contribution in [0.1, 0.15) is 92.4 Å². The van der Waals surface area contributed by atoms with Gasteiger partial charge in [-0.05, 0) is 90.8 Å². The fourth-order valence-corrected chi connectivity index (χ4v) is 8.69. The second-order valence-electron chi connectivity index (χ2n) is 11.1. The monoisotopic (exact) mass is 344 g/mol. The fraction of sp³-hybridized carbons (Fsp3) is 0.958. The van der Waals surface area contributed by atoms with E-state index in [4.69, 9.17) is 0 Å². The van der Waals surface area contributed by atoms with Crippen LogP contribution in [0.4, 0.5) is 0 Å². The summed E-state index contributed by atoms with van der Waals surface area (Å²) in [6, 6.07) is 0. The zero-order chi connectivity index (χ0) is 18.0. The van der Waals surface area contributed by atoms with Crippen molar-refractivity contribution in [3.05, 3.63) is 0 Å². The van der Waals surface area contributed by atoms with Crippen molar-refractivity contribution in [2.24, 2.45) is 52.3 Å². The van der Waals surface area contributed by atoms with Crippen molar-refractivity contribution < 1.29 is 4.79 Å². The van der Waals surface area contributed by atoms with Gasteiger partial charge in [0.25, 0.3) is 0 Å². The highest BCUT2D eigenvalue weighted by molar-refractivity contribution is 5.79. The lowest BCUT2D eigenvalue weighted by Crippen LogP contribution is -2.56. The van der Waals surface area contributed by atoms with Crippen LogP contribution >= 0.6 is 0 Å². The molecule has 0 radical (unpaired) electrons. The number of Topliss-reactive ketones (excluding diaryl/α,β-unsaturated/α-hetero) is 1. The van der Waals surface area contributed by atoms with Gasteiger partial charge in [-0.2, -0.15) is 0 Å². The normalized spacial score (nSPS) is 53.7. The van der Waals surface area contributed by atoms with Crippen LogP contribution < -0.4 is 0 Å². The standard InChI is InChI=1S/C24H40O/c1-6-15(2)19-7-8-20-22-16(3)13-17-14-18(25)9-11-23(17,4)21(22)10-12-24(19,20)5/h15-17,19-22H,6-14H2,1-5H3/t15-,16?,17+,19-,20?,21?,22?,23+,24-/m1/s1. The topological polar surface area (TPSA) is 17.1 Å². The Labute approximate surface area is 155 Å². The summed E-state index contributed by atoms with van der Waals surface area (Å²) >= 11 is 0. The van der Waals surface area contributed by atoms with Gasteiger partial charge >= 0.3 is 0 Å². The predicted molar refractivity (Wildman–Crippen MR) is 104 cm³/mol. The summed E-state index contributed by atoms with van der Waals surface area (Å²) in [7, 11) is 0. The molecule has 4 fully saturated rings. The van der Waals surface area contributed by atoms with Crippen LogP contribution in [-0.2, 0) is 4.79 Å². The Bertz CT molecular complexity index is 538. The number of carbonyl (C=O) groups excluding carboxylic acids is 1. The smallest absolute Gasteiger partial charge is 0.133 e. The number of ketones is 1. The minimum Gasteiger partial charge on any atom is -0.300 e. The molecule has 1 heteroatoms. The summed E-state index contributed by atoms with van der Waals surface area (Å²) < 4.78 is 0. The molecule has 4 saturated carbocycles. The SMILES string of the molecule is CC[C@@H](C)[C@H]1CCC2C3C(C)C[C@H]4CC(=O)CC[C@]4(C)C3CC[C@@]21C. The van der Waals surface area contributed by atoms with E-state index in [9.17, 15) is 4.79 Å². The molecule has 0 aromatic carbocycles. The van der Waals surface area contributed by atoms with Crippen molar-refractivity contribution in [2.45, 2.75) is 92.4 Å². The van der Waals surface area contributed by atoms with Gasteiger partial charge in [0.1, 0.15) is 5.78 Å². The molecule has 0 amide bonds. The Hall–Kier alpha value is -0.330. The Balaban J connectivity index is 1.64. The molecule has 4 unspecified atom stereocenters. The number of rotatable bonds is 2. The molecule has 1 nitrogen and oxygen atoms in total. The van der Waals surface area contributed by atoms with Gasteiger partial charge in [-0.15, -0.1) is 0 Å². The Kier molecular flexibility index (Phi) is 4.40. The van der Waals surface area contributed by atoms with Gasteiger partial charge in [0.05, 0.1) is 0 Å². The molecule has 0 heterocycles. The average Bonchev–Trinajstić information content (AvgIpc) is 2.93. The molecule has 4 rings (SSSR count). The first-order chi connectivity index (χ1) is 11.8. The lowest BCUT2D eigenvalue weighted by Gasteiger charge is -2.62. The average molecular weight is 345 g/mol. The fourth-order valence-electron chi connectivity index (χ4n) is 8.69. The molecule has 0 aromatic heterocycles. The largest absolute Gasteiger partial charge is 0.300 e. The molecule has 142 valence electrons. The second-order valence-corrected chi connectivity index (χ2v) is 11.1. The molecular formula is C24H40O. The molecule has 0 aromatic rings. The minimum atomic E-state index is 0.459. The van der Waals surface area contributed by atoms with Crippen LogP contribution in [0.15, 0.2) is 0 Å². The summed E-state index contributed by atoms with van der Waals surface area (Å²) in [4.78, 5) is 12.1. The highest BCUT2D eigenvalue weighted by Gasteiger charge is 2.62.